The molecule has 82 valence electrons. The number of nitrogens with zero attached hydrogens (tertiary/aromatic N) is 1. The van der Waals surface area contributed by atoms with Crippen LogP contribution in [-0.2, 0) is 6.42 Å². The topological polar surface area (TPSA) is 45.8 Å². The van der Waals surface area contributed by atoms with Gasteiger partial charge in [0.1, 0.15) is 10.3 Å². The second-order valence-electron chi connectivity index (χ2n) is 4.28. The van der Waals surface area contributed by atoms with Crippen molar-refractivity contribution in [3.8, 4) is 0 Å². The molecule has 1 saturated carbocycles. The van der Waals surface area contributed by atoms with Crippen molar-refractivity contribution in [2.75, 3.05) is 0 Å². The van der Waals surface area contributed by atoms with Gasteiger partial charge in [0.15, 0.2) is 0 Å². The van der Waals surface area contributed by atoms with Crippen LogP contribution in [0.5, 0.6) is 0 Å². The van der Waals surface area contributed by atoms with E-state index in [1.54, 1.807) is 0 Å². The number of aryl methyl sites for hydroxylation is 1. The van der Waals surface area contributed by atoms with Gasteiger partial charge >= 0.3 is 0 Å². The van der Waals surface area contributed by atoms with Crippen LogP contribution in [0.1, 0.15) is 44.1 Å². The second kappa shape index (κ2) is 4.08. The fourth-order valence-corrected chi connectivity index (χ4v) is 2.19. The summed E-state index contributed by atoms with van der Waals surface area (Å²) in [7, 11) is 0. The minimum atomic E-state index is -0.0393. The number of H-pyrrole nitrogens is 1. The predicted molar refractivity (Wildman–Crippen MR) is 63.1 cm³/mol. The summed E-state index contributed by atoms with van der Waals surface area (Å²) in [5, 5.41) is 0. The molecule has 3 nitrogen and oxygen atoms in total. The van der Waals surface area contributed by atoms with Gasteiger partial charge in [-0.25, -0.2) is 4.98 Å². The van der Waals surface area contributed by atoms with Gasteiger partial charge in [-0.15, -0.1) is 0 Å². The SMILES string of the molecule is CCCc1nc(C2CC2C)[nH]c(=O)c1Br. The van der Waals surface area contributed by atoms with E-state index in [2.05, 4.69) is 39.7 Å². The summed E-state index contributed by atoms with van der Waals surface area (Å²) < 4.78 is 0.599. The zero-order valence-electron chi connectivity index (χ0n) is 9.01. The molecule has 1 N–H and O–H groups in total. The molecule has 4 heteroatoms. The van der Waals surface area contributed by atoms with E-state index >= 15 is 0 Å². The fourth-order valence-electron chi connectivity index (χ4n) is 1.81. The van der Waals surface area contributed by atoms with E-state index in [1.807, 2.05) is 0 Å². The van der Waals surface area contributed by atoms with Crippen molar-refractivity contribution in [2.24, 2.45) is 5.92 Å². The number of halogens is 1. The molecule has 0 radical (unpaired) electrons. The molecule has 1 fully saturated rings. The Hall–Kier alpha value is -0.640. The van der Waals surface area contributed by atoms with Crippen LogP contribution in [0.4, 0.5) is 0 Å². The van der Waals surface area contributed by atoms with Crippen molar-refractivity contribution in [2.45, 2.75) is 39.0 Å². The van der Waals surface area contributed by atoms with Crippen LogP contribution in [-0.4, -0.2) is 9.97 Å². The summed E-state index contributed by atoms with van der Waals surface area (Å²) in [6.45, 7) is 4.28. The summed E-state index contributed by atoms with van der Waals surface area (Å²) in [4.78, 5) is 19.0. The Morgan fingerprint density at radius 2 is 2.27 bits per heavy atom. The molecule has 1 aliphatic carbocycles. The Morgan fingerprint density at radius 3 is 2.80 bits per heavy atom. The molecule has 2 atom stereocenters. The van der Waals surface area contributed by atoms with Crippen molar-refractivity contribution in [1.29, 1.82) is 0 Å². The van der Waals surface area contributed by atoms with E-state index < -0.39 is 0 Å². The highest BCUT2D eigenvalue weighted by atomic mass is 79.9. The molecule has 0 saturated heterocycles. The van der Waals surface area contributed by atoms with Gasteiger partial charge in [-0.3, -0.25) is 4.79 Å². The van der Waals surface area contributed by atoms with Gasteiger partial charge in [0.2, 0.25) is 0 Å². The van der Waals surface area contributed by atoms with E-state index in [0.29, 0.717) is 16.3 Å². The normalized spacial score (nSPS) is 24.2. The highest BCUT2D eigenvalue weighted by molar-refractivity contribution is 9.10. The number of hydrogen-bond donors (Lipinski definition) is 1. The van der Waals surface area contributed by atoms with Crippen molar-refractivity contribution in [1.82, 2.24) is 9.97 Å². The maximum atomic E-state index is 11.6. The molecule has 0 amide bonds. The first kappa shape index (κ1) is 10.9. The summed E-state index contributed by atoms with van der Waals surface area (Å²) in [5.74, 6) is 2.02. The third-order valence-corrected chi connectivity index (χ3v) is 3.72. The second-order valence-corrected chi connectivity index (χ2v) is 5.07. The van der Waals surface area contributed by atoms with Crippen LogP contribution in [0.15, 0.2) is 9.27 Å². The fraction of sp³-hybridized carbons (Fsp3) is 0.636. The largest absolute Gasteiger partial charge is 0.309 e. The highest BCUT2D eigenvalue weighted by Gasteiger charge is 2.36. The number of aromatic amines is 1. The Bertz CT molecular complexity index is 427. The van der Waals surface area contributed by atoms with Gasteiger partial charge in [0.05, 0.1) is 5.69 Å². The van der Waals surface area contributed by atoms with Crippen molar-refractivity contribution in [3.63, 3.8) is 0 Å². The molecule has 2 rings (SSSR count). The van der Waals surface area contributed by atoms with Crippen LogP contribution in [0.2, 0.25) is 0 Å². The van der Waals surface area contributed by atoms with Crippen LogP contribution < -0.4 is 5.56 Å². The lowest BCUT2D eigenvalue weighted by atomic mass is 10.2. The van der Waals surface area contributed by atoms with E-state index in [-0.39, 0.29) is 5.56 Å². The third kappa shape index (κ3) is 2.14. The minimum absolute atomic E-state index is 0.0393. The predicted octanol–water partition coefficient (Wildman–Crippen LogP) is 2.61. The lowest BCUT2D eigenvalue weighted by Gasteiger charge is -2.04. The zero-order valence-corrected chi connectivity index (χ0v) is 10.6. The van der Waals surface area contributed by atoms with E-state index in [4.69, 9.17) is 0 Å². The van der Waals surface area contributed by atoms with Crippen LogP contribution in [0.3, 0.4) is 0 Å². The molecule has 1 heterocycles. The molecule has 15 heavy (non-hydrogen) atoms. The first-order valence-corrected chi connectivity index (χ1v) is 6.21. The molecule has 0 bridgehead atoms. The van der Waals surface area contributed by atoms with Crippen LogP contribution in [0.25, 0.3) is 0 Å². The standard InChI is InChI=1S/C11H15BrN2O/c1-3-4-8-9(12)11(15)14-10(13-8)7-5-6(7)2/h6-7H,3-5H2,1-2H3,(H,13,14,15). The van der Waals surface area contributed by atoms with Crippen LogP contribution >= 0.6 is 15.9 Å². The van der Waals surface area contributed by atoms with Crippen molar-refractivity contribution >= 4 is 15.9 Å². The molecule has 0 spiro atoms. The lowest BCUT2D eigenvalue weighted by molar-refractivity contribution is 0.783. The molecular formula is C11H15BrN2O. The van der Waals surface area contributed by atoms with Gasteiger partial charge in [0, 0.05) is 5.92 Å². The Labute approximate surface area is 97.4 Å². The molecule has 1 aliphatic rings. The smallest absolute Gasteiger partial charge is 0.265 e. The summed E-state index contributed by atoms with van der Waals surface area (Å²) in [6, 6.07) is 0. The van der Waals surface area contributed by atoms with Gasteiger partial charge in [-0.1, -0.05) is 20.3 Å². The summed E-state index contributed by atoms with van der Waals surface area (Å²) in [5.41, 5.74) is 0.859. The zero-order chi connectivity index (χ0) is 11.0. The lowest BCUT2D eigenvalue weighted by Crippen LogP contribution is -2.15. The quantitative estimate of drug-likeness (QED) is 0.918. The van der Waals surface area contributed by atoms with E-state index in [0.717, 1.165) is 30.8 Å². The minimum Gasteiger partial charge on any atom is -0.309 e. The summed E-state index contributed by atoms with van der Waals surface area (Å²) >= 11 is 3.29. The Morgan fingerprint density at radius 1 is 1.60 bits per heavy atom. The van der Waals surface area contributed by atoms with E-state index in [9.17, 15) is 4.79 Å². The molecule has 2 unspecified atom stereocenters. The first-order valence-electron chi connectivity index (χ1n) is 5.42. The third-order valence-electron chi connectivity index (χ3n) is 2.90. The van der Waals surface area contributed by atoms with E-state index in [1.165, 1.54) is 0 Å². The molecule has 0 aliphatic heterocycles. The number of aromatic nitrogens is 2. The van der Waals surface area contributed by atoms with Crippen molar-refractivity contribution < 1.29 is 0 Å². The monoisotopic (exact) mass is 270 g/mol. The van der Waals surface area contributed by atoms with Gasteiger partial charge in [0.25, 0.3) is 5.56 Å². The molecule has 0 aromatic carbocycles. The first-order chi connectivity index (χ1) is 7.13. The van der Waals surface area contributed by atoms with Gasteiger partial charge in [-0.2, -0.15) is 0 Å². The van der Waals surface area contributed by atoms with Crippen molar-refractivity contribution in [3.05, 3.63) is 26.3 Å². The van der Waals surface area contributed by atoms with Gasteiger partial charge in [-0.05, 0) is 34.7 Å². The molecule has 1 aromatic heterocycles. The summed E-state index contributed by atoms with van der Waals surface area (Å²) in [6.07, 6.45) is 3.02. The molecule has 1 aromatic rings. The van der Waals surface area contributed by atoms with Gasteiger partial charge < -0.3 is 4.98 Å². The average Bonchev–Trinajstić information content (AvgIpc) is 2.91. The molecular weight excluding hydrogens is 256 g/mol. The number of nitrogens with one attached hydrogen (secondary N) is 1. The average molecular weight is 271 g/mol. The Kier molecular flexibility index (Phi) is 2.96. The maximum Gasteiger partial charge on any atom is 0.265 e. The number of hydrogen-bond acceptors (Lipinski definition) is 2. The Balaban J connectivity index is 2.37. The number of rotatable bonds is 3. The highest BCUT2D eigenvalue weighted by Crippen LogP contribution is 2.45. The maximum absolute atomic E-state index is 11.6. The van der Waals surface area contributed by atoms with Crippen LogP contribution in [0, 0.1) is 5.92 Å².